The Balaban J connectivity index is 1.76. The van der Waals surface area contributed by atoms with E-state index in [2.05, 4.69) is 37.2 Å². The summed E-state index contributed by atoms with van der Waals surface area (Å²) in [6, 6.07) is 11.8. The van der Waals surface area contributed by atoms with E-state index in [1.807, 2.05) is 50.2 Å². The number of amides is 1. The van der Waals surface area contributed by atoms with Gasteiger partial charge in [-0.15, -0.1) is 0 Å². The Hall–Kier alpha value is -1.33. The van der Waals surface area contributed by atoms with Gasteiger partial charge in [0.25, 0.3) is 0 Å². The lowest BCUT2D eigenvalue weighted by Crippen LogP contribution is -2.13. The molecule has 2 aromatic carbocycles. The Morgan fingerprint density at radius 2 is 1.70 bits per heavy atom. The monoisotopic (exact) mass is 439 g/mol. The predicted molar refractivity (Wildman–Crippen MR) is 101 cm³/mol. The Kier molecular flexibility index (Phi) is 6.66. The van der Waals surface area contributed by atoms with E-state index in [0.29, 0.717) is 19.4 Å². The van der Waals surface area contributed by atoms with Gasteiger partial charge in [0, 0.05) is 10.9 Å². The highest BCUT2D eigenvalue weighted by molar-refractivity contribution is 9.11. The number of hydrogen-bond donors (Lipinski definition) is 1. The minimum atomic E-state index is -0.0128. The van der Waals surface area contributed by atoms with Crippen molar-refractivity contribution in [2.45, 2.75) is 26.7 Å². The molecule has 0 aliphatic rings. The zero-order valence-electron chi connectivity index (χ0n) is 13.2. The van der Waals surface area contributed by atoms with Crippen LogP contribution in [0.25, 0.3) is 0 Å². The topological polar surface area (TPSA) is 38.3 Å². The number of aryl methyl sites for hydroxylation is 2. The van der Waals surface area contributed by atoms with Gasteiger partial charge in [-0.3, -0.25) is 4.79 Å². The molecule has 3 nitrogen and oxygen atoms in total. The molecule has 0 spiro atoms. The predicted octanol–water partition coefficient (Wildman–Crippen LogP) is 5.63. The first-order valence-corrected chi connectivity index (χ1v) is 8.99. The van der Waals surface area contributed by atoms with Crippen LogP contribution in [-0.2, 0) is 4.79 Å². The van der Waals surface area contributed by atoms with Crippen molar-refractivity contribution in [2.75, 3.05) is 11.9 Å². The molecule has 0 heterocycles. The Bertz CT molecular complexity index is 701. The smallest absolute Gasteiger partial charge is 0.224 e. The van der Waals surface area contributed by atoms with Crippen LogP contribution >= 0.6 is 31.9 Å². The van der Waals surface area contributed by atoms with Crippen LogP contribution in [0.2, 0.25) is 0 Å². The van der Waals surface area contributed by atoms with Gasteiger partial charge in [-0.1, -0.05) is 12.1 Å². The number of benzene rings is 2. The summed E-state index contributed by atoms with van der Waals surface area (Å²) >= 11 is 6.93. The average Bonchev–Trinajstić information content (AvgIpc) is 2.48. The molecule has 0 radical (unpaired) electrons. The number of ether oxygens (including phenoxy) is 1. The average molecular weight is 441 g/mol. The van der Waals surface area contributed by atoms with Gasteiger partial charge in [0.05, 0.1) is 16.8 Å². The van der Waals surface area contributed by atoms with Gasteiger partial charge in [0.1, 0.15) is 5.75 Å². The Morgan fingerprint density at radius 1 is 1.04 bits per heavy atom. The second-order valence-electron chi connectivity index (χ2n) is 5.42. The van der Waals surface area contributed by atoms with Crippen molar-refractivity contribution >= 4 is 43.5 Å². The van der Waals surface area contributed by atoms with Crippen LogP contribution < -0.4 is 10.1 Å². The summed E-state index contributed by atoms with van der Waals surface area (Å²) in [6.45, 7) is 4.54. The molecule has 2 aromatic rings. The van der Waals surface area contributed by atoms with Crippen molar-refractivity contribution in [2.24, 2.45) is 0 Å². The molecule has 0 atom stereocenters. The molecule has 0 saturated carbocycles. The maximum atomic E-state index is 12.0. The van der Waals surface area contributed by atoms with E-state index in [4.69, 9.17) is 4.74 Å². The molecule has 0 aliphatic carbocycles. The van der Waals surface area contributed by atoms with Crippen LogP contribution in [0.4, 0.5) is 5.69 Å². The highest BCUT2D eigenvalue weighted by atomic mass is 79.9. The second kappa shape index (κ2) is 8.50. The van der Waals surface area contributed by atoms with Gasteiger partial charge in [-0.2, -0.15) is 0 Å². The first kappa shape index (κ1) is 18.0. The molecule has 0 fully saturated rings. The minimum Gasteiger partial charge on any atom is -0.492 e. The summed E-state index contributed by atoms with van der Waals surface area (Å²) in [5, 5.41) is 2.90. The molecule has 1 amide bonds. The van der Waals surface area contributed by atoms with Crippen LogP contribution in [0, 0.1) is 13.8 Å². The van der Waals surface area contributed by atoms with E-state index < -0.39 is 0 Å². The summed E-state index contributed by atoms with van der Waals surface area (Å²) in [4.78, 5) is 12.0. The van der Waals surface area contributed by atoms with Gasteiger partial charge in [0.2, 0.25) is 5.91 Å². The van der Waals surface area contributed by atoms with Crippen molar-refractivity contribution < 1.29 is 9.53 Å². The van der Waals surface area contributed by atoms with Crippen LogP contribution in [0.5, 0.6) is 5.75 Å². The van der Waals surface area contributed by atoms with E-state index in [-0.39, 0.29) is 5.91 Å². The van der Waals surface area contributed by atoms with Crippen LogP contribution in [0.3, 0.4) is 0 Å². The molecule has 0 saturated heterocycles. The lowest BCUT2D eigenvalue weighted by Gasteiger charge is -2.10. The fourth-order valence-electron chi connectivity index (χ4n) is 2.07. The summed E-state index contributed by atoms with van der Waals surface area (Å²) in [5.74, 6) is 0.790. The summed E-state index contributed by atoms with van der Waals surface area (Å²) in [6.07, 6.45) is 1.08. The zero-order valence-corrected chi connectivity index (χ0v) is 16.3. The van der Waals surface area contributed by atoms with Gasteiger partial charge in [-0.05, 0) is 87.5 Å². The largest absolute Gasteiger partial charge is 0.492 e. The Labute approximate surface area is 153 Å². The van der Waals surface area contributed by atoms with Crippen molar-refractivity contribution in [3.8, 4) is 5.75 Å². The number of nitrogens with one attached hydrogen (secondary N) is 1. The summed E-state index contributed by atoms with van der Waals surface area (Å²) in [5.41, 5.74) is 3.11. The van der Waals surface area contributed by atoms with Crippen molar-refractivity contribution in [3.05, 3.63) is 56.5 Å². The molecule has 23 heavy (non-hydrogen) atoms. The van der Waals surface area contributed by atoms with Gasteiger partial charge in [-0.25, -0.2) is 0 Å². The third kappa shape index (κ3) is 5.66. The normalized spacial score (nSPS) is 10.4. The number of carbonyl (C=O) groups is 1. The van der Waals surface area contributed by atoms with Crippen molar-refractivity contribution in [1.29, 1.82) is 0 Å². The fourth-order valence-corrected chi connectivity index (χ4v) is 3.27. The van der Waals surface area contributed by atoms with E-state index in [1.165, 1.54) is 5.56 Å². The first-order chi connectivity index (χ1) is 11.0. The maximum Gasteiger partial charge on any atom is 0.224 e. The maximum absolute atomic E-state index is 12.0. The number of anilines is 1. The number of hydrogen-bond acceptors (Lipinski definition) is 2. The third-order valence-electron chi connectivity index (χ3n) is 3.29. The molecule has 1 N–H and O–H groups in total. The standard InChI is InChI=1S/C18H19Br2NO2/c1-12-5-7-16(14(19)10-12)21-18(22)4-3-9-23-17-8-6-13(2)11-15(17)20/h5-8,10-11H,3-4,9H2,1-2H3,(H,21,22). The van der Waals surface area contributed by atoms with Gasteiger partial charge < -0.3 is 10.1 Å². The molecular formula is C18H19Br2NO2. The first-order valence-electron chi connectivity index (χ1n) is 7.40. The fraction of sp³-hybridized carbons (Fsp3) is 0.278. The molecule has 5 heteroatoms. The highest BCUT2D eigenvalue weighted by Gasteiger charge is 2.06. The van der Waals surface area contributed by atoms with Crippen LogP contribution in [0.15, 0.2) is 45.3 Å². The molecule has 122 valence electrons. The van der Waals surface area contributed by atoms with Gasteiger partial charge >= 0.3 is 0 Å². The van der Waals surface area contributed by atoms with Crippen LogP contribution in [0.1, 0.15) is 24.0 Å². The molecule has 0 aliphatic heterocycles. The Morgan fingerprint density at radius 3 is 2.35 bits per heavy atom. The lowest BCUT2D eigenvalue weighted by molar-refractivity contribution is -0.116. The molecule has 0 unspecified atom stereocenters. The molecular weight excluding hydrogens is 422 g/mol. The zero-order chi connectivity index (χ0) is 16.8. The van der Waals surface area contributed by atoms with Crippen LogP contribution in [-0.4, -0.2) is 12.5 Å². The van der Waals surface area contributed by atoms with E-state index in [9.17, 15) is 4.79 Å². The number of halogens is 2. The van der Waals surface area contributed by atoms with E-state index in [0.717, 1.165) is 25.9 Å². The SMILES string of the molecule is Cc1ccc(NC(=O)CCCOc2ccc(C)cc2Br)c(Br)c1. The quantitative estimate of drug-likeness (QED) is 0.591. The minimum absolute atomic E-state index is 0.0128. The molecule has 0 bridgehead atoms. The highest BCUT2D eigenvalue weighted by Crippen LogP contribution is 2.26. The summed E-state index contributed by atoms with van der Waals surface area (Å²) in [7, 11) is 0. The van der Waals surface area contributed by atoms with Gasteiger partial charge in [0.15, 0.2) is 0 Å². The summed E-state index contributed by atoms with van der Waals surface area (Å²) < 4.78 is 7.53. The molecule has 0 aromatic heterocycles. The van der Waals surface area contributed by atoms with Crippen molar-refractivity contribution in [1.82, 2.24) is 0 Å². The molecule has 2 rings (SSSR count). The van der Waals surface area contributed by atoms with E-state index in [1.54, 1.807) is 0 Å². The number of rotatable bonds is 6. The van der Waals surface area contributed by atoms with Crippen molar-refractivity contribution in [3.63, 3.8) is 0 Å². The lowest BCUT2D eigenvalue weighted by atomic mass is 10.2. The number of carbonyl (C=O) groups excluding carboxylic acids is 1. The second-order valence-corrected chi connectivity index (χ2v) is 7.13. The third-order valence-corrected chi connectivity index (χ3v) is 4.57. The van der Waals surface area contributed by atoms with E-state index >= 15 is 0 Å².